The summed E-state index contributed by atoms with van der Waals surface area (Å²) < 4.78 is 5.40. The van der Waals surface area contributed by atoms with Gasteiger partial charge in [-0.05, 0) is 36.2 Å². The summed E-state index contributed by atoms with van der Waals surface area (Å²) in [5, 5.41) is 1.81. The molecule has 2 aromatic rings. The molecule has 0 N–H and O–H groups in total. The second-order valence-corrected chi connectivity index (χ2v) is 5.52. The van der Waals surface area contributed by atoms with E-state index in [2.05, 4.69) is 41.1 Å². The van der Waals surface area contributed by atoms with Crippen LogP contribution < -0.4 is 4.90 Å². The first kappa shape index (κ1) is 13.7. The van der Waals surface area contributed by atoms with Crippen LogP contribution in [0.25, 0.3) is 10.9 Å². The van der Waals surface area contributed by atoms with Crippen LogP contribution in [0.1, 0.15) is 18.9 Å². The maximum atomic E-state index is 6.23. The third-order valence-electron chi connectivity index (χ3n) is 3.72. The predicted molar refractivity (Wildman–Crippen MR) is 83.8 cm³/mol. The number of pyridine rings is 1. The Labute approximate surface area is 124 Å². The van der Waals surface area contributed by atoms with Gasteiger partial charge in [-0.15, -0.1) is 0 Å². The van der Waals surface area contributed by atoms with Crippen molar-refractivity contribution in [2.75, 3.05) is 31.2 Å². The lowest BCUT2D eigenvalue weighted by molar-refractivity contribution is 0.122. The van der Waals surface area contributed by atoms with Crippen LogP contribution in [0.3, 0.4) is 0 Å². The van der Waals surface area contributed by atoms with E-state index in [0.717, 1.165) is 50.2 Å². The number of ether oxygens (including phenoxy) is 1. The lowest BCUT2D eigenvalue weighted by Crippen LogP contribution is -2.36. The fourth-order valence-corrected chi connectivity index (χ4v) is 2.89. The molecule has 1 aromatic carbocycles. The highest BCUT2D eigenvalue weighted by Crippen LogP contribution is 2.26. The van der Waals surface area contributed by atoms with Gasteiger partial charge in [0.05, 0.1) is 18.7 Å². The molecule has 0 radical (unpaired) electrons. The summed E-state index contributed by atoms with van der Waals surface area (Å²) in [6, 6.07) is 8.57. The maximum Gasteiger partial charge on any atom is 0.132 e. The zero-order valence-electron chi connectivity index (χ0n) is 11.7. The molecule has 3 nitrogen and oxygen atoms in total. The van der Waals surface area contributed by atoms with Gasteiger partial charge in [0.1, 0.15) is 5.15 Å². The standard InChI is InChI=1S/C16H19ClN2O/c1-2-3-12-10-13-11-14(19-6-8-20-9-7-19)4-5-15(13)18-16(12)17/h4-5,10-11H,2-3,6-9H2,1H3. The molecule has 1 saturated heterocycles. The molecule has 3 rings (SSSR count). The average Bonchev–Trinajstić information content (AvgIpc) is 2.49. The predicted octanol–water partition coefficient (Wildman–Crippen LogP) is 3.68. The van der Waals surface area contributed by atoms with Crippen molar-refractivity contribution in [2.24, 2.45) is 0 Å². The van der Waals surface area contributed by atoms with Crippen molar-refractivity contribution in [2.45, 2.75) is 19.8 Å². The molecule has 0 bridgehead atoms. The maximum absolute atomic E-state index is 6.23. The van der Waals surface area contributed by atoms with E-state index in [4.69, 9.17) is 16.3 Å². The molecule has 1 aliphatic rings. The largest absolute Gasteiger partial charge is 0.378 e. The van der Waals surface area contributed by atoms with Crippen molar-refractivity contribution in [1.82, 2.24) is 4.98 Å². The van der Waals surface area contributed by atoms with Gasteiger partial charge in [-0.3, -0.25) is 0 Å². The van der Waals surface area contributed by atoms with Gasteiger partial charge in [0, 0.05) is 24.2 Å². The van der Waals surface area contributed by atoms with Crippen LogP contribution in [-0.2, 0) is 11.2 Å². The van der Waals surface area contributed by atoms with Crippen LogP contribution in [0.5, 0.6) is 0 Å². The fraction of sp³-hybridized carbons (Fsp3) is 0.438. The van der Waals surface area contributed by atoms with E-state index >= 15 is 0 Å². The summed E-state index contributed by atoms with van der Waals surface area (Å²) in [6.45, 7) is 5.67. The zero-order valence-corrected chi connectivity index (χ0v) is 12.5. The van der Waals surface area contributed by atoms with E-state index in [1.807, 2.05) is 0 Å². The van der Waals surface area contributed by atoms with Gasteiger partial charge in [0.15, 0.2) is 0 Å². The van der Waals surface area contributed by atoms with E-state index in [1.54, 1.807) is 0 Å². The SMILES string of the molecule is CCCc1cc2cc(N3CCOCC3)ccc2nc1Cl. The Hall–Kier alpha value is -1.32. The van der Waals surface area contributed by atoms with Crippen LogP contribution in [0.15, 0.2) is 24.3 Å². The number of halogens is 1. The summed E-state index contributed by atoms with van der Waals surface area (Å²) in [7, 11) is 0. The quantitative estimate of drug-likeness (QED) is 0.807. The Kier molecular flexibility index (Phi) is 4.08. The van der Waals surface area contributed by atoms with Gasteiger partial charge in [0.25, 0.3) is 0 Å². The Morgan fingerprint density at radius 3 is 2.80 bits per heavy atom. The highest BCUT2D eigenvalue weighted by Gasteiger charge is 2.12. The molecule has 0 saturated carbocycles. The van der Waals surface area contributed by atoms with E-state index < -0.39 is 0 Å². The van der Waals surface area contributed by atoms with Crippen molar-refractivity contribution in [3.63, 3.8) is 0 Å². The second kappa shape index (κ2) is 5.98. The van der Waals surface area contributed by atoms with Crippen molar-refractivity contribution in [1.29, 1.82) is 0 Å². The van der Waals surface area contributed by atoms with Crippen molar-refractivity contribution >= 4 is 28.2 Å². The molecule has 0 aliphatic carbocycles. The molecule has 0 atom stereocenters. The third kappa shape index (κ3) is 2.74. The van der Waals surface area contributed by atoms with Crippen LogP contribution in [0.2, 0.25) is 5.15 Å². The number of hydrogen-bond acceptors (Lipinski definition) is 3. The first-order valence-corrected chi connectivity index (χ1v) is 7.57. The topological polar surface area (TPSA) is 25.4 Å². The molecule has 0 unspecified atom stereocenters. The molecule has 0 amide bonds. The highest BCUT2D eigenvalue weighted by molar-refractivity contribution is 6.30. The lowest BCUT2D eigenvalue weighted by Gasteiger charge is -2.29. The molecule has 1 fully saturated rings. The number of fused-ring (bicyclic) bond motifs is 1. The number of anilines is 1. The molecule has 1 aliphatic heterocycles. The molecule has 106 valence electrons. The normalized spacial score (nSPS) is 15.8. The van der Waals surface area contributed by atoms with Gasteiger partial charge in [-0.1, -0.05) is 24.9 Å². The summed E-state index contributed by atoms with van der Waals surface area (Å²) in [6.07, 6.45) is 2.06. The highest BCUT2D eigenvalue weighted by atomic mass is 35.5. The van der Waals surface area contributed by atoms with E-state index in [-0.39, 0.29) is 0 Å². The van der Waals surface area contributed by atoms with Crippen LogP contribution in [-0.4, -0.2) is 31.3 Å². The van der Waals surface area contributed by atoms with Crippen molar-refractivity contribution in [3.8, 4) is 0 Å². The number of nitrogens with zero attached hydrogens (tertiary/aromatic N) is 2. The van der Waals surface area contributed by atoms with Gasteiger partial charge in [0.2, 0.25) is 0 Å². The monoisotopic (exact) mass is 290 g/mol. The molecule has 20 heavy (non-hydrogen) atoms. The van der Waals surface area contributed by atoms with E-state index in [1.165, 1.54) is 11.1 Å². The van der Waals surface area contributed by atoms with Crippen molar-refractivity contribution in [3.05, 3.63) is 35.0 Å². The van der Waals surface area contributed by atoms with Crippen LogP contribution in [0, 0.1) is 0 Å². The third-order valence-corrected chi connectivity index (χ3v) is 4.05. The molecule has 1 aromatic heterocycles. The van der Waals surface area contributed by atoms with Gasteiger partial charge in [-0.2, -0.15) is 0 Å². The Morgan fingerprint density at radius 2 is 2.05 bits per heavy atom. The van der Waals surface area contributed by atoms with E-state index in [0.29, 0.717) is 5.15 Å². The lowest BCUT2D eigenvalue weighted by atomic mass is 10.1. The Morgan fingerprint density at radius 1 is 1.25 bits per heavy atom. The molecular weight excluding hydrogens is 272 g/mol. The number of morpholine rings is 1. The van der Waals surface area contributed by atoms with Crippen LogP contribution >= 0.6 is 11.6 Å². The first-order valence-electron chi connectivity index (χ1n) is 7.20. The minimum absolute atomic E-state index is 0.637. The summed E-state index contributed by atoms with van der Waals surface area (Å²) in [4.78, 5) is 6.86. The fourth-order valence-electron chi connectivity index (χ4n) is 2.65. The average molecular weight is 291 g/mol. The van der Waals surface area contributed by atoms with Gasteiger partial charge < -0.3 is 9.64 Å². The number of aryl methyl sites for hydroxylation is 1. The zero-order chi connectivity index (χ0) is 13.9. The minimum atomic E-state index is 0.637. The summed E-state index contributed by atoms with van der Waals surface area (Å²) in [5.41, 5.74) is 3.35. The smallest absolute Gasteiger partial charge is 0.132 e. The number of benzene rings is 1. The number of rotatable bonds is 3. The van der Waals surface area contributed by atoms with E-state index in [9.17, 15) is 0 Å². The Balaban J connectivity index is 1.98. The van der Waals surface area contributed by atoms with Crippen molar-refractivity contribution < 1.29 is 4.74 Å². The van der Waals surface area contributed by atoms with Crippen LogP contribution in [0.4, 0.5) is 5.69 Å². The molecule has 0 spiro atoms. The summed E-state index contributed by atoms with van der Waals surface area (Å²) >= 11 is 6.23. The molecule has 2 heterocycles. The summed E-state index contributed by atoms with van der Waals surface area (Å²) in [5.74, 6) is 0. The molecular formula is C16H19ClN2O. The van der Waals surface area contributed by atoms with Gasteiger partial charge in [-0.25, -0.2) is 4.98 Å². The van der Waals surface area contributed by atoms with Gasteiger partial charge >= 0.3 is 0 Å². The second-order valence-electron chi connectivity index (χ2n) is 5.16. The number of aromatic nitrogens is 1. The minimum Gasteiger partial charge on any atom is -0.378 e. The number of hydrogen-bond donors (Lipinski definition) is 0. The Bertz CT molecular complexity index is 609. The molecule has 4 heteroatoms. The first-order chi connectivity index (χ1) is 9.78.